The molecule has 0 bridgehead atoms. The summed E-state index contributed by atoms with van der Waals surface area (Å²) in [7, 11) is 1.31. The number of nitro benzene ring substituents is 1. The van der Waals surface area contributed by atoms with E-state index in [4.69, 9.17) is 4.74 Å². The lowest BCUT2D eigenvalue weighted by Crippen LogP contribution is -2.20. The van der Waals surface area contributed by atoms with Gasteiger partial charge in [0.15, 0.2) is 0 Å². The van der Waals surface area contributed by atoms with Crippen LogP contribution < -0.4 is 4.90 Å². The Morgan fingerprint density at radius 1 is 1.14 bits per heavy atom. The molecule has 6 heteroatoms. The highest BCUT2D eigenvalue weighted by molar-refractivity contribution is 5.97. The number of nitrogens with zero attached hydrogens (tertiary/aromatic N) is 2. The fourth-order valence-electron chi connectivity index (χ4n) is 2.31. The Kier molecular flexibility index (Phi) is 4.73. The highest BCUT2D eigenvalue weighted by Crippen LogP contribution is 2.35. The predicted molar refractivity (Wildman–Crippen MR) is 83.6 cm³/mol. The number of carbonyl (C=O) groups excluding carboxylic acids is 1. The predicted octanol–water partition coefficient (Wildman–Crippen LogP) is 3.54. The molecule has 0 unspecified atom stereocenters. The van der Waals surface area contributed by atoms with Crippen LogP contribution in [0.5, 0.6) is 0 Å². The number of rotatable bonds is 5. The minimum Gasteiger partial charge on any atom is -0.465 e. The maximum atomic E-state index is 11.9. The first-order valence-electron chi connectivity index (χ1n) is 6.78. The lowest BCUT2D eigenvalue weighted by atomic mass is 10.1. The summed E-state index contributed by atoms with van der Waals surface area (Å²) < 4.78 is 4.79. The van der Waals surface area contributed by atoms with Gasteiger partial charge >= 0.3 is 5.97 Å². The molecule has 0 N–H and O–H groups in total. The fraction of sp³-hybridized carbons (Fsp3) is 0.188. The molecular weight excluding hydrogens is 284 g/mol. The Labute approximate surface area is 128 Å². The molecule has 0 spiro atoms. The first-order valence-corrected chi connectivity index (χ1v) is 6.78. The first-order chi connectivity index (χ1) is 10.6. The lowest BCUT2D eigenvalue weighted by molar-refractivity contribution is -0.384. The number of carbonyl (C=O) groups is 1. The number of nitro groups is 1. The van der Waals surface area contributed by atoms with Gasteiger partial charge in [-0.25, -0.2) is 4.79 Å². The Bertz CT molecular complexity index is 700. The molecule has 22 heavy (non-hydrogen) atoms. The van der Waals surface area contributed by atoms with E-state index in [0.29, 0.717) is 23.5 Å². The van der Waals surface area contributed by atoms with Crippen LogP contribution in [0.1, 0.15) is 17.3 Å². The summed E-state index contributed by atoms with van der Waals surface area (Å²) in [5, 5.41) is 11.2. The van der Waals surface area contributed by atoms with Crippen LogP contribution in [0.3, 0.4) is 0 Å². The van der Waals surface area contributed by atoms with E-state index in [9.17, 15) is 14.9 Å². The number of esters is 1. The number of hydrogen-bond acceptors (Lipinski definition) is 5. The summed E-state index contributed by atoms with van der Waals surface area (Å²) in [6, 6.07) is 13.3. The second-order valence-electron chi connectivity index (χ2n) is 4.50. The highest BCUT2D eigenvalue weighted by Gasteiger charge is 2.22. The molecule has 0 atom stereocenters. The van der Waals surface area contributed by atoms with Gasteiger partial charge < -0.3 is 9.64 Å². The molecule has 2 rings (SSSR count). The van der Waals surface area contributed by atoms with E-state index >= 15 is 0 Å². The summed E-state index contributed by atoms with van der Waals surface area (Å²) >= 11 is 0. The van der Waals surface area contributed by atoms with Crippen molar-refractivity contribution in [3.63, 3.8) is 0 Å². The first kappa shape index (κ1) is 15.5. The molecule has 2 aromatic carbocycles. The van der Waals surface area contributed by atoms with Gasteiger partial charge in [-0.15, -0.1) is 0 Å². The number of anilines is 2. The molecule has 114 valence electrons. The van der Waals surface area contributed by atoms with Crippen molar-refractivity contribution >= 4 is 23.0 Å². The Morgan fingerprint density at radius 2 is 1.73 bits per heavy atom. The minimum atomic E-state index is -0.479. The summed E-state index contributed by atoms with van der Waals surface area (Å²) in [5.41, 5.74) is 1.37. The Hall–Kier alpha value is -2.89. The largest absolute Gasteiger partial charge is 0.465 e. The average Bonchev–Trinajstić information content (AvgIpc) is 2.55. The van der Waals surface area contributed by atoms with Crippen molar-refractivity contribution < 1.29 is 14.5 Å². The van der Waals surface area contributed by atoms with Gasteiger partial charge in [0.25, 0.3) is 5.69 Å². The lowest BCUT2D eigenvalue weighted by Gasteiger charge is -2.24. The summed E-state index contributed by atoms with van der Waals surface area (Å²) in [5.74, 6) is -0.479. The third kappa shape index (κ3) is 2.90. The molecule has 0 heterocycles. The third-order valence-electron chi connectivity index (χ3n) is 3.29. The zero-order chi connectivity index (χ0) is 16.1. The number of benzene rings is 2. The second kappa shape index (κ2) is 6.71. The topological polar surface area (TPSA) is 72.7 Å². The van der Waals surface area contributed by atoms with E-state index in [2.05, 4.69) is 0 Å². The van der Waals surface area contributed by atoms with Crippen molar-refractivity contribution in [2.24, 2.45) is 0 Å². The van der Waals surface area contributed by atoms with Crippen molar-refractivity contribution in [1.29, 1.82) is 0 Å². The molecule has 0 aliphatic rings. The van der Waals surface area contributed by atoms with Crippen LogP contribution in [-0.2, 0) is 4.74 Å². The number of methoxy groups -OCH3 is 1. The van der Waals surface area contributed by atoms with Crippen molar-refractivity contribution in [3.05, 3.63) is 64.2 Å². The number of para-hydroxylation sites is 3. The zero-order valence-electron chi connectivity index (χ0n) is 12.4. The van der Waals surface area contributed by atoms with Gasteiger partial charge in [0.1, 0.15) is 5.69 Å². The van der Waals surface area contributed by atoms with E-state index in [0.717, 1.165) is 0 Å². The number of hydrogen-bond donors (Lipinski definition) is 0. The Morgan fingerprint density at radius 3 is 2.32 bits per heavy atom. The van der Waals surface area contributed by atoms with Crippen LogP contribution in [0.2, 0.25) is 0 Å². The van der Waals surface area contributed by atoms with Crippen LogP contribution in [-0.4, -0.2) is 24.5 Å². The second-order valence-corrected chi connectivity index (χ2v) is 4.50. The van der Waals surface area contributed by atoms with Gasteiger partial charge in [0.05, 0.1) is 23.3 Å². The molecule has 0 saturated heterocycles. The summed E-state index contributed by atoms with van der Waals surface area (Å²) in [6.07, 6.45) is 0. The van der Waals surface area contributed by atoms with E-state index in [-0.39, 0.29) is 5.69 Å². The molecular formula is C16H16N2O4. The van der Waals surface area contributed by atoms with Crippen LogP contribution in [0.25, 0.3) is 0 Å². The minimum absolute atomic E-state index is 0.0102. The standard InChI is InChI=1S/C16H16N2O4/c1-3-17(14-10-6-7-11-15(14)18(20)21)13-9-5-4-8-12(13)16(19)22-2/h4-11H,3H2,1-2H3. The molecule has 0 aromatic heterocycles. The van der Waals surface area contributed by atoms with Gasteiger partial charge in [-0.2, -0.15) is 0 Å². The number of ether oxygens (including phenoxy) is 1. The SMILES string of the molecule is CCN(c1ccccc1C(=O)OC)c1ccccc1[N+](=O)[O-]. The normalized spacial score (nSPS) is 10.1. The van der Waals surface area contributed by atoms with Gasteiger partial charge in [-0.05, 0) is 25.1 Å². The van der Waals surface area contributed by atoms with Crippen molar-refractivity contribution in [2.75, 3.05) is 18.6 Å². The maximum absolute atomic E-state index is 11.9. The molecule has 2 aromatic rings. The summed E-state index contributed by atoms with van der Waals surface area (Å²) in [4.78, 5) is 24.5. The van der Waals surface area contributed by atoms with Crippen LogP contribution in [0.15, 0.2) is 48.5 Å². The van der Waals surface area contributed by atoms with Crippen molar-refractivity contribution in [1.82, 2.24) is 0 Å². The monoisotopic (exact) mass is 300 g/mol. The van der Waals surface area contributed by atoms with Gasteiger partial charge in [-0.3, -0.25) is 10.1 Å². The average molecular weight is 300 g/mol. The van der Waals surface area contributed by atoms with Crippen molar-refractivity contribution in [2.45, 2.75) is 6.92 Å². The zero-order valence-corrected chi connectivity index (χ0v) is 12.4. The quantitative estimate of drug-likeness (QED) is 0.480. The summed E-state index contributed by atoms with van der Waals surface area (Å²) in [6.45, 7) is 2.34. The van der Waals surface area contributed by atoms with Crippen LogP contribution in [0.4, 0.5) is 17.1 Å². The Balaban J connectivity index is 2.60. The molecule has 0 fully saturated rings. The van der Waals surface area contributed by atoms with E-state index in [1.165, 1.54) is 13.2 Å². The molecule has 0 amide bonds. The molecule has 0 radical (unpaired) electrons. The maximum Gasteiger partial charge on any atom is 0.339 e. The van der Waals surface area contributed by atoms with Gasteiger partial charge in [0, 0.05) is 12.6 Å². The van der Waals surface area contributed by atoms with Gasteiger partial charge in [0.2, 0.25) is 0 Å². The van der Waals surface area contributed by atoms with Crippen LogP contribution in [0, 0.1) is 10.1 Å². The molecule has 0 saturated carbocycles. The fourth-order valence-corrected chi connectivity index (χ4v) is 2.31. The van der Waals surface area contributed by atoms with Crippen LogP contribution >= 0.6 is 0 Å². The smallest absolute Gasteiger partial charge is 0.339 e. The van der Waals surface area contributed by atoms with E-state index in [1.807, 2.05) is 6.92 Å². The van der Waals surface area contributed by atoms with E-state index in [1.54, 1.807) is 47.4 Å². The van der Waals surface area contributed by atoms with Crippen molar-refractivity contribution in [3.8, 4) is 0 Å². The van der Waals surface area contributed by atoms with E-state index < -0.39 is 10.9 Å². The molecule has 6 nitrogen and oxygen atoms in total. The molecule has 0 aliphatic heterocycles. The highest BCUT2D eigenvalue weighted by atomic mass is 16.6. The van der Waals surface area contributed by atoms with Gasteiger partial charge in [-0.1, -0.05) is 24.3 Å². The third-order valence-corrected chi connectivity index (χ3v) is 3.29. The molecule has 0 aliphatic carbocycles.